The second kappa shape index (κ2) is 6.92. The number of ether oxygens (including phenoxy) is 1. The smallest absolute Gasteiger partial charge is 0.108 e. The third-order valence-electron chi connectivity index (χ3n) is 2.43. The number of hydrogen-bond donors (Lipinski definition) is 2. The first-order valence-electron chi connectivity index (χ1n) is 5.89. The van der Waals surface area contributed by atoms with E-state index in [0.717, 1.165) is 0 Å². The first kappa shape index (κ1) is 13.6. The van der Waals surface area contributed by atoms with Gasteiger partial charge < -0.3 is 14.9 Å². The molecular formula is C10H16N6O3. The lowest BCUT2D eigenvalue weighted by Crippen LogP contribution is -2.11. The quantitative estimate of drug-likeness (QED) is 0.565. The number of aliphatic hydroxyl groups is 2. The van der Waals surface area contributed by atoms with Crippen molar-refractivity contribution in [1.29, 1.82) is 0 Å². The van der Waals surface area contributed by atoms with Crippen molar-refractivity contribution >= 4 is 0 Å². The van der Waals surface area contributed by atoms with Crippen LogP contribution in [-0.2, 0) is 31.0 Å². The standard InChI is InChI=1S/C10H16N6O3/c17-7-9-5-15(13-11-9)1-3-19-4-2-16-6-10(8-18)12-14-16/h5-6,17-18H,1-4,7-8H2. The van der Waals surface area contributed by atoms with Crippen molar-refractivity contribution in [2.24, 2.45) is 0 Å². The second-order valence-electron chi connectivity index (χ2n) is 3.87. The van der Waals surface area contributed by atoms with Gasteiger partial charge in [0.05, 0.1) is 51.9 Å². The van der Waals surface area contributed by atoms with Crippen LogP contribution in [0.2, 0.25) is 0 Å². The van der Waals surface area contributed by atoms with Crippen LogP contribution < -0.4 is 0 Å². The molecule has 0 saturated heterocycles. The van der Waals surface area contributed by atoms with E-state index >= 15 is 0 Å². The zero-order valence-electron chi connectivity index (χ0n) is 10.4. The molecule has 2 N–H and O–H groups in total. The van der Waals surface area contributed by atoms with Crippen LogP contribution in [0.1, 0.15) is 11.4 Å². The Morgan fingerprint density at radius 2 is 1.37 bits per heavy atom. The molecule has 9 nitrogen and oxygen atoms in total. The number of aliphatic hydroxyl groups excluding tert-OH is 2. The van der Waals surface area contributed by atoms with E-state index in [9.17, 15) is 0 Å². The van der Waals surface area contributed by atoms with Crippen LogP contribution in [0.15, 0.2) is 12.4 Å². The zero-order valence-corrected chi connectivity index (χ0v) is 10.4. The summed E-state index contributed by atoms with van der Waals surface area (Å²) in [7, 11) is 0. The summed E-state index contributed by atoms with van der Waals surface area (Å²) in [4.78, 5) is 0. The highest BCUT2D eigenvalue weighted by molar-refractivity contribution is 4.89. The summed E-state index contributed by atoms with van der Waals surface area (Å²) < 4.78 is 8.66. The number of hydrogen-bond acceptors (Lipinski definition) is 7. The fourth-order valence-electron chi connectivity index (χ4n) is 1.46. The molecule has 2 aromatic heterocycles. The Kier molecular flexibility index (Phi) is 4.95. The number of nitrogens with zero attached hydrogens (tertiary/aromatic N) is 6. The van der Waals surface area contributed by atoms with Crippen molar-refractivity contribution in [2.75, 3.05) is 13.2 Å². The maximum atomic E-state index is 8.83. The van der Waals surface area contributed by atoms with Crippen LogP contribution in [0.3, 0.4) is 0 Å². The average molecular weight is 268 g/mol. The SMILES string of the molecule is OCc1cn(CCOCCn2cc(CO)nn2)nn1. The van der Waals surface area contributed by atoms with Crippen LogP contribution >= 0.6 is 0 Å². The maximum Gasteiger partial charge on any atom is 0.108 e. The topological polar surface area (TPSA) is 111 Å². The van der Waals surface area contributed by atoms with Gasteiger partial charge in [-0.25, -0.2) is 9.36 Å². The highest BCUT2D eigenvalue weighted by Crippen LogP contribution is 1.94. The molecule has 0 bridgehead atoms. The Bertz CT molecular complexity index is 453. The van der Waals surface area contributed by atoms with Crippen LogP contribution in [-0.4, -0.2) is 53.4 Å². The Labute approximate surface area is 109 Å². The van der Waals surface area contributed by atoms with Gasteiger partial charge >= 0.3 is 0 Å². The summed E-state index contributed by atoms with van der Waals surface area (Å²) in [6.07, 6.45) is 3.35. The van der Waals surface area contributed by atoms with Gasteiger partial charge in [-0.05, 0) is 0 Å². The van der Waals surface area contributed by atoms with Gasteiger partial charge in [-0.3, -0.25) is 0 Å². The highest BCUT2D eigenvalue weighted by atomic mass is 16.5. The number of aromatic nitrogens is 6. The summed E-state index contributed by atoms with van der Waals surface area (Å²) >= 11 is 0. The second-order valence-corrected chi connectivity index (χ2v) is 3.87. The molecule has 2 rings (SSSR count). The van der Waals surface area contributed by atoms with Crippen LogP contribution in [0.4, 0.5) is 0 Å². The van der Waals surface area contributed by atoms with Gasteiger partial charge in [0.15, 0.2) is 0 Å². The molecular weight excluding hydrogens is 252 g/mol. The van der Waals surface area contributed by atoms with Gasteiger partial charge in [0.1, 0.15) is 11.4 Å². The van der Waals surface area contributed by atoms with Crippen molar-refractivity contribution in [3.05, 3.63) is 23.8 Å². The number of rotatable bonds is 8. The van der Waals surface area contributed by atoms with Crippen molar-refractivity contribution in [2.45, 2.75) is 26.3 Å². The fourth-order valence-corrected chi connectivity index (χ4v) is 1.46. The molecule has 2 aromatic rings. The van der Waals surface area contributed by atoms with Crippen LogP contribution in [0, 0.1) is 0 Å². The van der Waals surface area contributed by atoms with E-state index in [0.29, 0.717) is 37.7 Å². The molecule has 2 heterocycles. The predicted octanol–water partition coefficient (Wildman–Crippen LogP) is -1.43. The summed E-state index contributed by atoms with van der Waals surface area (Å²) in [5, 5.41) is 32.8. The molecule has 9 heteroatoms. The van der Waals surface area contributed by atoms with Crippen molar-refractivity contribution in [3.63, 3.8) is 0 Å². The van der Waals surface area contributed by atoms with E-state index in [4.69, 9.17) is 14.9 Å². The molecule has 0 fully saturated rings. The maximum absolute atomic E-state index is 8.83. The van der Waals surface area contributed by atoms with Crippen molar-refractivity contribution in [1.82, 2.24) is 30.0 Å². The van der Waals surface area contributed by atoms with Crippen molar-refractivity contribution < 1.29 is 14.9 Å². The van der Waals surface area contributed by atoms with Crippen molar-refractivity contribution in [3.8, 4) is 0 Å². The lowest BCUT2D eigenvalue weighted by Gasteiger charge is -2.03. The van der Waals surface area contributed by atoms with Gasteiger partial charge in [-0.1, -0.05) is 10.4 Å². The molecule has 0 radical (unpaired) electrons. The van der Waals surface area contributed by atoms with E-state index < -0.39 is 0 Å². The van der Waals surface area contributed by atoms with Gasteiger partial charge in [0.25, 0.3) is 0 Å². The minimum atomic E-state index is -0.111. The molecule has 0 atom stereocenters. The largest absolute Gasteiger partial charge is 0.390 e. The summed E-state index contributed by atoms with van der Waals surface area (Å²) in [6, 6.07) is 0. The Hall–Kier alpha value is -1.84. The van der Waals surface area contributed by atoms with E-state index in [1.54, 1.807) is 21.8 Å². The molecule has 0 aromatic carbocycles. The van der Waals surface area contributed by atoms with E-state index in [2.05, 4.69) is 20.6 Å². The van der Waals surface area contributed by atoms with E-state index in [1.807, 2.05) is 0 Å². The van der Waals surface area contributed by atoms with E-state index in [1.165, 1.54) is 0 Å². The van der Waals surface area contributed by atoms with Gasteiger partial charge in [-0.2, -0.15) is 0 Å². The van der Waals surface area contributed by atoms with Gasteiger partial charge in [0.2, 0.25) is 0 Å². The van der Waals surface area contributed by atoms with Gasteiger partial charge in [0, 0.05) is 0 Å². The Morgan fingerprint density at radius 3 is 1.74 bits per heavy atom. The third kappa shape index (κ3) is 4.09. The molecule has 0 aliphatic heterocycles. The fraction of sp³-hybridized carbons (Fsp3) is 0.600. The molecule has 0 aliphatic rings. The lowest BCUT2D eigenvalue weighted by molar-refractivity contribution is 0.113. The Morgan fingerprint density at radius 1 is 0.895 bits per heavy atom. The summed E-state index contributed by atoms with van der Waals surface area (Å²) in [5.74, 6) is 0. The minimum absolute atomic E-state index is 0.111. The van der Waals surface area contributed by atoms with Crippen LogP contribution in [0.25, 0.3) is 0 Å². The molecule has 0 unspecified atom stereocenters. The normalized spacial score (nSPS) is 11.1. The molecule has 0 spiro atoms. The van der Waals surface area contributed by atoms with E-state index in [-0.39, 0.29) is 13.2 Å². The predicted molar refractivity (Wildman–Crippen MR) is 62.7 cm³/mol. The van der Waals surface area contributed by atoms with Gasteiger partial charge in [-0.15, -0.1) is 10.2 Å². The first-order chi connectivity index (χ1) is 9.31. The highest BCUT2D eigenvalue weighted by Gasteiger charge is 2.00. The third-order valence-corrected chi connectivity index (χ3v) is 2.43. The molecule has 0 saturated carbocycles. The average Bonchev–Trinajstić information content (AvgIpc) is 3.06. The minimum Gasteiger partial charge on any atom is -0.390 e. The molecule has 104 valence electrons. The summed E-state index contributed by atoms with van der Waals surface area (Å²) in [5.41, 5.74) is 1.08. The Balaban J connectivity index is 1.61. The van der Waals surface area contributed by atoms with Crippen LogP contribution in [0.5, 0.6) is 0 Å². The lowest BCUT2D eigenvalue weighted by atomic mass is 10.5. The monoisotopic (exact) mass is 268 g/mol. The molecule has 0 amide bonds. The zero-order chi connectivity index (χ0) is 13.5. The molecule has 19 heavy (non-hydrogen) atoms. The first-order valence-corrected chi connectivity index (χ1v) is 5.89. The summed E-state index contributed by atoms with van der Waals surface area (Å²) in [6.45, 7) is 1.92. The molecule has 0 aliphatic carbocycles.